The van der Waals surface area contributed by atoms with E-state index < -0.39 is 35.6 Å². The minimum absolute atomic E-state index is 0.238. The molecule has 1 spiro atoms. The lowest BCUT2D eigenvalue weighted by molar-refractivity contribution is -0.143. The Morgan fingerprint density at radius 2 is 1.74 bits per heavy atom. The lowest BCUT2D eigenvalue weighted by Gasteiger charge is -2.37. The number of benzene rings is 2. The van der Waals surface area contributed by atoms with Crippen molar-refractivity contribution in [3.05, 3.63) is 77.9 Å². The predicted octanol–water partition coefficient (Wildman–Crippen LogP) is 3.17. The van der Waals surface area contributed by atoms with Crippen LogP contribution in [-0.2, 0) is 19.1 Å². The summed E-state index contributed by atoms with van der Waals surface area (Å²) in [6.07, 6.45) is 6.74. The molecule has 1 N–H and O–H groups in total. The van der Waals surface area contributed by atoms with Gasteiger partial charge in [0.25, 0.3) is 5.91 Å². The van der Waals surface area contributed by atoms with E-state index in [1.54, 1.807) is 16.7 Å². The van der Waals surface area contributed by atoms with Crippen LogP contribution in [0.2, 0.25) is 0 Å². The van der Waals surface area contributed by atoms with E-state index in [1.165, 1.54) is 4.90 Å². The fourth-order valence-corrected chi connectivity index (χ4v) is 6.99. The standard InChI is InChI=1S/C33H37N3O6/c1-5-41-24-13-11-23(12-14-24)34-16-6-8-26-27(30(34)38)28-31(39)36(22(4)19-37)29-32(40)35(17-7-15-33(28,29)42-26)25-18-20(2)9-10-21(25)3/h6-15,18,22,26-29,37H,5,16-17,19H2,1-4H3/t22-,26-,27+,28+,29?,33+/m1/s1. The van der Waals surface area contributed by atoms with Crippen molar-refractivity contribution in [3.8, 4) is 5.75 Å². The number of carbonyl (C=O) groups is 3. The highest BCUT2D eigenvalue weighted by atomic mass is 16.5. The Balaban J connectivity index is 1.42. The highest BCUT2D eigenvalue weighted by Gasteiger charge is 2.72. The van der Waals surface area contributed by atoms with Gasteiger partial charge in [-0.05, 0) is 69.2 Å². The summed E-state index contributed by atoms with van der Waals surface area (Å²) in [5.41, 5.74) is 2.03. The molecule has 6 rings (SSSR count). The minimum Gasteiger partial charge on any atom is -0.494 e. The molecule has 0 radical (unpaired) electrons. The monoisotopic (exact) mass is 571 g/mol. The van der Waals surface area contributed by atoms with Crippen molar-refractivity contribution in [2.24, 2.45) is 11.8 Å². The van der Waals surface area contributed by atoms with Gasteiger partial charge in [-0.3, -0.25) is 14.4 Å². The van der Waals surface area contributed by atoms with Crippen LogP contribution in [0.4, 0.5) is 11.4 Å². The third-order valence-corrected chi connectivity index (χ3v) is 8.95. The summed E-state index contributed by atoms with van der Waals surface area (Å²) < 4.78 is 12.3. The van der Waals surface area contributed by atoms with Gasteiger partial charge in [0.05, 0.1) is 37.2 Å². The van der Waals surface area contributed by atoms with E-state index in [-0.39, 0.29) is 24.3 Å². The number of aliphatic hydroxyl groups is 1. The summed E-state index contributed by atoms with van der Waals surface area (Å²) in [4.78, 5) is 48.0. The number of likely N-dealkylation sites (tertiary alicyclic amines) is 1. The van der Waals surface area contributed by atoms with E-state index in [0.717, 1.165) is 16.8 Å². The summed E-state index contributed by atoms with van der Waals surface area (Å²) in [5, 5.41) is 10.2. The van der Waals surface area contributed by atoms with Crippen molar-refractivity contribution >= 4 is 29.1 Å². The molecule has 4 aliphatic heterocycles. The Morgan fingerprint density at radius 3 is 2.45 bits per heavy atom. The number of carbonyl (C=O) groups excluding carboxylic acids is 3. The van der Waals surface area contributed by atoms with Gasteiger partial charge in [-0.2, -0.15) is 0 Å². The molecular formula is C33H37N3O6. The van der Waals surface area contributed by atoms with E-state index in [0.29, 0.717) is 31.1 Å². The molecule has 2 saturated heterocycles. The van der Waals surface area contributed by atoms with E-state index in [9.17, 15) is 19.5 Å². The Hall–Kier alpha value is -3.95. The van der Waals surface area contributed by atoms with Crippen molar-refractivity contribution in [2.75, 3.05) is 36.1 Å². The molecule has 42 heavy (non-hydrogen) atoms. The SMILES string of the molecule is CCOc1ccc(N2CC=C[C@H]3O[C@]45C=CCN(c6cc(C)ccc6C)C(=O)C4N([C@H](C)CO)C(=O)[C@@H]5[C@H]3C2=O)cc1. The molecule has 9 nitrogen and oxygen atoms in total. The molecule has 0 saturated carbocycles. The zero-order valence-corrected chi connectivity index (χ0v) is 24.4. The Kier molecular flexibility index (Phi) is 7.19. The van der Waals surface area contributed by atoms with Crippen LogP contribution < -0.4 is 14.5 Å². The van der Waals surface area contributed by atoms with Gasteiger partial charge in [0.15, 0.2) is 0 Å². The molecule has 0 aliphatic carbocycles. The fourth-order valence-electron chi connectivity index (χ4n) is 6.99. The number of ether oxygens (including phenoxy) is 2. The van der Waals surface area contributed by atoms with Crippen molar-refractivity contribution in [3.63, 3.8) is 0 Å². The molecular weight excluding hydrogens is 534 g/mol. The molecule has 0 aromatic heterocycles. The first-order valence-corrected chi connectivity index (χ1v) is 14.6. The summed E-state index contributed by atoms with van der Waals surface area (Å²) in [5.74, 6) is -1.95. The summed E-state index contributed by atoms with van der Waals surface area (Å²) in [6, 6.07) is 11.6. The lowest BCUT2D eigenvalue weighted by Crippen LogP contribution is -2.57. The molecule has 1 unspecified atom stereocenters. The zero-order valence-electron chi connectivity index (χ0n) is 24.4. The molecule has 220 valence electrons. The first-order valence-electron chi connectivity index (χ1n) is 14.6. The van der Waals surface area contributed by atoms with Crippen LogP contribution in [-0.4, -0.2) is 77.8 Å². The average molecular weight is 572 g/mol. The molecule has 4 aliphatic rings. The van der Waals surface area contributed by atoms with Gasteiger partial charge in [0, 0.05) is 24.5 Å². The fraction of sp³-hybridized carbons (Fsp3) is 0.424. The molecule has 6 atom stereocenters. The average Bonchev–Trinajstić information content (AvgIpc) is 3.30. The second kappa shape index (κ2) is 10.7. The smallest absolute Gasteiger partial charge is 0.253 e. The van der Waals surface area contributed by atoms with Crippen molar-refractivity contribution in [1.82, 2.24) is 4.90 Å². The first-order chi connectivity index (χ1) is 20.2. The summed E-state index contributed by atoms with van der Waals surface area (Å²) in [7, 11) is 0. The van der Waals surface area contributed by atoms with E-state index >= 15 is 0 Å². The Morgan fingerprint density at radius 1 is 1.00 bits per heavy atom. The maximum absolute atomic E-state index is 14.5. The van der Waals surface area contributed by atoms with Crippen molar-refractivity contribution in [2.45, 2.75) is 51.5 Å². The topological polar surface area (TPSA) is 99.6 Å². The number of nitrogens with zero attached hydrogens (tertiary/aromatic N) is 3. The molecule has 4 heterocycles. The highest BCUT2D eigenvalue weighted by molar-refractivity contribution is 6.07. The number of aryl methyl sites for hydroxylation is 2. The lowest BCUT2D eigenvalue weighted by atomic mass is 9.77. The third kappa shape index (κ3) is 4.25. The number of fused-ring (bicyclic) bond motifs is 2. The van der Waals surface area contributed by atoms with Crippen molar-refractivity contribution in [1.29, 1.82) is 0 Å². The van der Waals surface area contributed by atoms with Gasteiger partial charge in [-0.25, -0.2) is 0 Å². The molecule has 2 aromatic rings. The number of anilines is 2. The number of hydrogen-bond acceptors (Lipinski definition) is 6. The Bertz CT molecular complexity index is 1470. The van der Waals surface area contributed by atoms with E-state index in [2.05, 4.69) is 0 Å². The minimum atomic E-state index is -1.36. The van der Waals surface area contributed by atoms with E-state index in [1.807, 2.05) is 87.5 Å². The molecule has 0 bridgehead atoms. The van der Waals surface area contributed by atoms with E-state index in [4.69, 9.17) is 9.47 Å². The van der Waals surface area contributed by atoms with Gasteiger partial charge < -0.3 is 29.3 Å². The Labute approximate surface area is 246 Å². The van der Waals surface area contributed by atoms with Crippen LogP contribution in [0.5, 0.6) is 5.75 Å². The van der Waals surface area contributed by atoms with Crippen LogP contribution in [0.1, 0.15) is 25.0 Å². The van der Waals surface area contributed by atoms with Crippen LogP contribution in [0.15, 0.2) is 66.8 Å². The zero-order chi connectivity index (χ0) is 29.8. The van der Waals surface area contributed by atoms with Gasteiger partial charge in [-0.1, -0.05) is 36.4 Å². The van der Waals surface area contributed by atoms with Crippen molar-refractivity contribution < 1.29 is 29.0 Å². The highest BCUT2D eigenvalue weighted by Crippen LogP contribution is 2.54. The number of rotatable bonds is 6. The largest absolute Gasteiger partial charge is 0.494 e. The summed E-state index contributed by atoms with van der Waals surface area (Å²) >= 11 is 0. The second-order valence-electron chi connectivity index (χ2n) is 11.6. The van der Waals surface area contributed by atoms with Crippen LogP contribution in [0.3, 0.4) is 0 Å². The maximum atomic E-state index is 14.5. The molecule has 2 aromatic carbocycles. The molecule has 9 heteroatoms. The van der Waals surface area contributed by atoms with Crippen LogP contribution in [0, 0.1) is 25.7 Å². The molecule has 3 amide bonds. The quantitative estimate of drug-likeness (QED) is 0.535. The number of hydrogen-bond donors (Lipinski definition) is 1. The number of aliphatic hydroxyl groups excluding tert-OH is 1. The van der Waals surface area contributed by atoms with Crippen LogP contribution in [0.25, 0.3) is 0 Å². The predicted molar refractivity (Wildman–Crippen MR) is 158 cm³/mol. The first kappa shape index (κ1) is 28.2. The van der Waals surface area contributed by atoms with Gasteiger partial charge >= 0.3 is 0 Å². The van der Waals surface area contributed by atoms with Gasteiger partial charge in [0.1, 0.15) is 17.4 Å². The normalized spacial score (nSPS) is 29.3. The van der Waals surface area contributed by atoms with Crippen LogP contribution >= 0.6 is 0 Å². The van der Waals surface area contributed by atoms with Gasteiger partial charge in [-0.15, -0.1) is 0 Å². The second-order valence-corrected chi connectivity index (χ2v) is 11.6. The third-order valence-electron chi connectivity index (χ3n) is 8.95. The maximum Gasteiger partial charge on any atom is 0.253 e. The summed E-state index contributed by atoms with van der Waals surface area (Å²) in [6.45, 7) is 8.38. The van der Waals surface area contributed by atoms with Gasteiger partial charge in [0.2, 0.25) is 11.8 Å². The molecule has 2 fully saturated rings. The number of amides is 3.